The highest BCUT2D eigenvalue weighted by Gasteiger charge is 2.23. The largest absolute Gasteiger partial charge is 0.493 e. The van der Waals surface area contributed by atoms with Gasteiger partial charge in [-0.3, -0.25) is 4.79 Å². The number of ether oxygens (including phenoxy) is 3. The summed E-state index contributed by atoms with van der Waals surface area (Å²) in [6.07, 6.45) is 0. The smallest absolute Gasteiger partial charge is 0.203 e. The molecule has 6 nitrogen and oxygen atoms in total. The number of methoxy groups -OCH3 is 3. The molecule has 0 aliphatic carbocycles. The lowest BCUT2D eigenvalue weighted by atomic mass is 9.92. The van der Waals surface area contributed by atoms with Crippen molar-refractivity contribution in [1.82, 2.24) is 4.57 Å². The average Bonchev–Trinajstić information content (AvgIpc) is 3.12. The van der Waals surface area contributed by atoms with Crippen LogP contribution in [0.2, 0.25) is 0 Å². The maximum Gasteiger partial charge on any atom is 0.203 e. The first-order valence-corrected chi connectivity index (χ1v) is 10.1. The van der Waals surface area contributed by atoms with Crippen molar-refractivity contribution in [3.8, 4) is 23.3 Å². The average molecular weight is 428 g/mol. The van der Waals surface area contributed by atoms with E-state index in [-0.39, 0.29) is 5.78 Å². The van der Waals surface area contributed by atoms with Crippen molar-refractivity contribution >= 4 is 27.6 Å². The molecule has 0 bridgehead atoms. The van der Waals surface area contributed by atoms with E-state index in [1.165, 1.54) is 21.3 Å². The van der Waals surface area contributed by atoms with Crippen molar-refractivity contribution in [2.75, 3.05) is 21.3 Å². The Morgan fingerprint density at radius 3 is 2.19 bits per heavy atom. The fourth-order valence-corrected chi connectivity index (χ4v) is 4.49. The van der Waals surface area contributed by atoms with Gasteiger partial charge in [-0.2, -0.15) is 5.26 Å². The second-order valence-electron chi connectivity index (χ2n) is 7.74. The van der Waals surface area contributed by atoms with Crippen molar-refractivity contribution in [3.63, 3.8) is 0 Å². The monoisotopic (exact) mass is 428 g/mol. The van der Waals surface area contributed by atoms with Gasteiger partial charge in [-0.25, -0.2) is 0 Å². The maximum atomic E-state index is 13.7. The molecule has 0 saturated heterocycles. The molecule has 0 radical (unpaired) electrons. The van der Waals surface area contributed by atoms with Crippen LogP contribution < -0.4 is 14.2 Å². The molecule has 4 aromatic rings. The number of fused-ring (bicyclic) bond motifs is 3. The Kier molecular flexibility index (Phi) is 5.27. The fraction of sp³-hybridized carbons (Fsp3) is 0.231. The van der Waals surface area contributed by atoms with Crippen LogP contribution in [0.4, 0.5) is 0 Å². The molecule has 0 unspecified atom stereocenters. The molecule has 0 N–H and O–H groups in total. The zero-order valence-electron chi connectivity index (χ0n) is 19.0. The molecule has 0 fully saturated rings. The third kappa shape index (κ3) is 3.05. The van der Waals surface area contributed by atoms with Crippen molar-refractivity contribution in [2.45, 2.75) is 13.8 Å². The van der Waals surface area contributed by atoms with Crippen LogP contribution in [0.25, 0.3) is 21.8 Å². The first kappa shape index (κ1) is 21.3. The fourth-order valence-electron chi connectivity index (χ4n) is 4.49. The van der Waals surface area contributed by atoms with Crippen LogP contribution in [0, 0.1) is 25.2 Å². The number of carbonyl (C=O) groups is 1. The summed E-state index contributed by atoms with van der Waals surface area (Å²) in [5.41, 5.74) is 5.54. The second-order valence-corrected chi connectivity index (χ2v) is 7.74. The van der Waals surface area contributed by atoms with Crippen LogP contribution in [0.3, 0.4) is 0 Å². The molecule has 32 heavy (non-hydrogen) atoms. The number of hydrogen-bond acceptors (Lipinski definition) is 5. The topological polar surface area (TPSA) is 73.5 Å². The highest BCUT2D eigenvalue weighted by atomic mass is 16.5. The Bertz CT molecular complexity index is 1420. The molecule has 1 heterocycles. The quantitative estimate of drug-likeness (QED) is 0.415. The second kappa shape index (κ2) is 7.93. The third-order valence-electron chi connectivity index (χ3n) is 6.01. The van der Waals surface area contributed by atoms with Gasteiger partial charge in [0, 0.05) is 34.5 Å². The molecule has 0 aliphatic heterocycles. The minimum absolute atomic E-state index is 0.139. The van der Waals surface area contributed by atoms with Crippen LogP contribution in [0.1, 0.15) is 32.6 Å². The van der Waals surface area contributed by atoms with Gasteiger partial charge in [-0.1, -0.05) is 0 Å². The summed E-state index contributed by atoms with van der Waals surface area (Å²) >= 11 is 0. The maximum absolute atomic E-state index is 13.7. The van der Waals surface area contributed by atoms with Crippen LogP contribution in [0.5, 0.6) is 17.2 Å². The van der Waals surface area contributed by atoms with Gasteiger partial charge in [-0.05, 0) is 61.4 Å². The summed E-state index contributed by atoms with van der Waals surface area (Å²) in [6.45, 7) is 3.95. The van der Waals surface area contributed by atoms with Crippen molar-refractivity contribution in [3.05, 3.63) is 64.2 Å². The molecule has 0 aliphatic rings. The van der Waals surface area contributed by atoms with Crippen LogP contribution in [0.15, 0.2) is 36.4 Å². The number of aromatic nitrogens is 1. The summed E-state index contributed by atoms with van der Waals surface area (Å²) in [4.78, 5) is 13.7. The first-order chi connectivity index (χ1) is 15.4. The van der Waals surface area contributed by atoms with Crippen LogP contribution in [-0.2, 0) is 7.05 Å². The van der Waals surface area contributed by atoms with E-state index in [0.717, 1.165) is 32.9 Å². The first-order valence-electron chi connectivity index (χ1n) is 10.1. The summed E-state index contributed by atoms with van der Waals surface area (Å²) in [5, 5.41) is 11.3. The van der Waals surface area contributed by atoms with Gasteiger partial charge in [0.05, 0.1) is 38.5 Å². The summed E-state index contributed by atoms with van der Waals surface area (Å²) < 4.78 is 18.3. The number of carbonyl (C=O) groups excluding carboxylic acids is 1. The van der Waals surface area contributed by atoms with Gasteiger partial charge in [0.1, 0.15) is 0 Å². The lowest BCUT2D eigenvalue weighted by molar-refractivity contribution is 0.103. The molecule has 0 saturated carbocycles. The summed E-state index contributed by atoms with van der Waals surface area (Å²) in [5.74, 6) is 1.15. The molecule has 0 amide bonds. The van der Waals surface area contributed by atoms with Gasteiger partial charge in [0.2, 0.25) is 5.75 Å². The highest BCUT2D eigenvalue weighted by Crippen LogP contribution is 2.40. The van der Waals surface area contributed by atoms with Gasteiger partial charge in [-0.15, -0.1) is 0 Å². The molecule has 1 aromatic heterocycles. The molecular weight excluding hydrogens is 404 g/mol. The number of nitriles is 1. The Morgan fingerprint density at radius 1 is 0.969 bits per heavy atom. The minimum Gasteiger partial charge on any atom is -0.493 e. The van der Waals surface area contributed by atoms with E-state index in [1.807, 2.05) is 45.2 Å². The van der Waals surface area contributed by atoms with E-state index >= 15 is 0 Å². The zero-order chi connectivity index (χ0) is 23.2. The molecule has 0 atom stereocenters. The third-order valence-corrected chi connectivity index (χ3v) is 6.01. The van der Waals surface area contributed by atoms with E-state index < -0.39 is 0 Å². The van der Waals surface area contributed by atoms with Crippen LogP contribution in [-0.4, -0.2) is 31.7 Å². The van der Waals surface area contributed by atoms with Crippen molar-refractivity contribution < 1.29 is 19.0 Å². The highest BCUT2D eigenvalue weighted by molar-refractivity contribution is 6.18. The van der Waals surface area contributed by atoms with E-state index in [9.17, 15) is 10.1 Å². The van der Waals surface area contributed by atoms with Gasteiger partial charge in [0.25, 0.3) is 0 Å². The number of ketones is 1. The van der Waals surface area contributed by atoms with E-state index in [1.54, 1.807) is 12.1 Å². The van der Waals surface area contributed by atoms with Gasteiger partial charge in [0.15, 0.2) is 17.3 Å². The molecule has 162 valence electrons. The van der Waals surface area contributed by atoms with Crippen molar-refractivity contribution in [1.29, 1.82) is 5.26 Å². The number of aryl methyl sites for hydroxylation is 3. The zero-order valence-corrected chi connectivity index (χ0v) is 19.0. The predicted octanol–water partition coefficient (Wildman–Crippen LogP) is 5.08. The van der Waals surface area contributed by atoms with E-state index in [4.69, 9.17) is 14.2 Å². The number of benzene rings is 3. The van der Waals surface area contributed by atoms with Gasteiger partial charge >= 0.3 is 0 Å². The number of rotatable bonds is 5. The Hall–Kier alpha value is -3.98. The lowest BCUT2D eigenvalue weighted by Gasteiger charge is -2.15. The summed E-state index contributed by atoms with van der Waals surface area (Å²) in [6, 6.07) is 13.1. The molecular formula is C26H24N2O4. The predicted molar refractivity (Wildman–Crippen MR) is 124 cm³/mol. The van der Waals surface area contributed by atoms with Crippen LogP contribution >= 0.6 is 0 Å². The Labute approximate surface area is 186 Å². The summed E-state index contributed by atoms with van der Waals surface area (Å²) in [7, 11) is 6.58. The number of nitrogens with zero attached hydrogens (tertiary/aromatic N) is 2. The SMILES string of the molecule is COc1cc(C(=O)c2cc(C)c3c(c2C)c2cc(C#N)ccc2n3C)cc(OC)c1OC. The lowest BCUT2D eigenvalue weighted by Crippen LogP contribution is -2.07. The molecule has 4 rings (SSSR count). The standard InChI is InChI=1S/C26H24N2O4/c1-14-9-18(25(29)17-11-21(30-4)26(32-6)22(12-17)31-5)15(2)23-19-10-16(13-27)7-8-20(19)28(3)24(14)23/h7-12H,1-6H3. The minimum atomic E-state index is -0.139. The molecule has 3 aromatic carbocycles. The van der Waals surface area contributed by atoms with E-state index in [0.29, 0.717) is 33.9 Å². The van der Waals surface area contributed by atoms with Crippen molar-refractivity contribution in [2.24, 2.45) is 7.05 Å². The molecule has 6 heteroatoms. The Balaban J connectivity index is 2.00. The molecule has 0 spiro atoms. The van der Waals surface area contributed by atoms with Gasteiger partial charge < -0.3 is 18.8 Å². The Morgan fingerprint density at radius 2 is 1.62 bits per heavy atom. The number of hydrogen-bond donors (Lipinski definition) is 0. The normalized spacial score (nSPS) is 10.9. The van der Waals surface area contributed by atoms with E-state index in [2.05, 4.69) is 10.6 Å².